The van der Waals surface area contributed by atoms with E-state index < -0.39 is 0 Å². The van der Waals surface area contributed by atoms with Crippen molar-refractivity contribution in [1.82, 2.24) is 9.97 Å². The Morgan fingerprint density at radius 1 is 1.06 bits per heavy atom. The van der Waals surface area contributed by atoms with Crippen LogP contribution in [-0.4, -0.2) is 9.97 Å². The summed E-state index contributed by atoms with van der Waals surface area (Å²) in [5.74, 6) is 0.341. The number of nitrogens with zero attached hydrogens (tertiary/aromatic N) is 2. The van der Waals surface area contributed by atoms with Gasteiger partial charge in [0.2, 0.25) is 0 Å². The Labute approximate surface area is 98.1 Å². The van der Waals surface area contributed by atoms with Gasteiger partial charge in [-0.3, -0.25) is 0 Å². The summed E-state index contributed by atoms with van der Waals surface area (Å²) in [5.41, 5.74) is 2.39. The zero-order valence-corrected chi connectivity index (χ0v) is 9.72. The Balaban J connectivity index is 2.59. The quantitative estimate of drug-likeness (QED) is 0.708. The molecule has 0 atom stereocenters. The van der Waals surface area contributed by atoms with E-state index in [9.17, 15) is 4.39 Å². The minimum absolute atomic E-state index is 0.265. The summed E-state index contributed by atoms with van der Waals surface area (Å²) in [6, 6.07) is 6.17. The van der Waals surface area contributed by atoms with Crippen molar-refractivity contribution >= 4 is 11.6 Å². The zero-order chi connectivity index (χ0) is 11.7. The molecule has 1 aromatic heterocycles. The van der Waals surface area contributed by atoms with Gasteiger partial charge >= 0.3 is 0 Å². The second-order valence-corrected chi connectivity index (χ2v) is 3.90. The van der Waals surface area contributed by atoms with E-state index >= 15 is 0 Å². The van der Waals surface area contributed by atoms with E-state index in [-0.39, 0.29) is 5.82 Å². The SMILES string of the molecule is Cc1nc(Cl)c(C)c(-c2ccc(F)cc2)n1. The normalized spacial score (nSPS) is 10.5. The highest BCUT2D eigenvalue weighted by molar-refractivity contribution is 6.30. The highest BCUT2D eigenvalue weighted by atomic mass is 35.5. The second-order valence-electron chi connectivity index (χ2n) is 3.54. The lowest BCUT2D eigenvalue weighted by atomic mass is 10.1. The number of hydrogen-bond acceptors (Lipinski definition) is 2. The van der Waals surface area contributed by atoms with Gasteiger partial charge in [-0.05, 0) is 38.1 Å². The summed E-state index contributed by atoms with van der Waals surface area (Å²) < 4.78 is 12.8. The molecule has 4 heteroatoms. The fourth-order valence-corrected chi connectivity index (χ4v) is 1.69. The number of halogens is 2. The molecule has 0 fully saturated rings. The van der Waals surface area contributed by atoms with Crippen molar-refractivity contribution in [3.8, 4) is 11.3 Å². The van der Waals surface area contributed by atoms with Crippen LogP contribution in [0.1, 0.15) is 11.4 Å². The molecule has 16 heavy (non-hydrogen) atoms. The van der Waals surface area contributed by atoms with E-state index in [2.05, 4.69) is 9.97 Å². The molecule has 0 amide bonds. The van der Waals surface area contributed by atoms with Crippen LogP contribution in [0.4, 0.5) is 4.39 Å². The molecular weight excluding hydrogens is 227 g/mol. The summed E-state index contributed by atoms with van der Waals surface area (Å²) in [5, 5.41) is 0.437. The summed E-state index contributed by atoms with van der Waals surface area (Å²) in [7, 11) is 0. The smallest absolute Gasteiger partial charge is 0.136 e. The molecule has 2 nitrogen and oxygen atoms in total. The molecule has 0 aliphatic rings. The Morgan fingerprint density at radius 2 is 1.69 bits per heavy atom. The zero-order valence-electron chi connectivity index (χ0n) is 8.96. The third-order valence-electron chi connectivity index (χ3n) is 2.32. The maximum absolute atomic E-state index is 12.8. The van der Waals surface area contributed by atoms with Crippen LogP contribution in [0.3, 0.4) is 0 Å². The van der Waals surface area contributed by atoms with E-state index in [4.69, 9.17) is 11.6 Å². The molecule has 0 radical (unpaired) electrons. The van der Waals surface area contributed by atoms with Crippen LogP contribution in [0.25, 0.3) is 11.3 Å². The summed E-state index contributed by atoms with van der Waals surface area (Å²) in [6.07, 6.45) is 0. The van der Waals surface area contributed by atoms with E-state index in [1.165, 1.54) is 12.1 Å². The number of aromatic nitrogens is 2. The average Bonchev–Trinajstić information content (AvgIpc) is 2.25. The fraction of sp³-hybridized carbons (Fsp3) is 0.167. The lowest BCUT2D eigenvalue weighted by Crippen LogP contribution is -1.96. The molecule has 2 aromatic rings. The van der Waals surface area contributed by atoms with Crippen molar-refractivity contribution in [2.45, 2.75) is 13.8 Å². The molecule has 82 valence electrons. The average molecular weight is 237 g/mol. The van der Waals surface area contributed by atoms with Crippen LogP contribution in [0.15, 0.2) is 24.3 Å². The number of benzene rings is 1. The summed E-state index contributed by atoms with van der Waals surface area (Å²) >= 11 is 5.98. The minimum Gasteiger partial charge on any atom is -0.233 e. The van der Waals surface area contributed by atoms with Crippen LogP contribution < -0.4 is 0 Å². The Morgan fingerprint density at radius 3 is 2.31 bits per heavy atom. The van der Waals surface area contributed by atoms with Gasteiger partial charge < -0.3 is 0 Å². The number of aryl methyl sites for hydroxylation is 1. The molecule has 0 aliphatic carbocycles. The Kier molecular flexibility index (Phi) is 2.88. The van der Waals surface area contributed by atoms with Crippen molar-refractivity contribution in [2.24, 2.45) is 0 Å². The topological polar surface area (TPSA) is 25.8 Å². The summed E-state index contributed by atoms with van der Waals surface area (Å²) in [4.78, 5) is 8.37. The lowest BCUT2D eigenvalue weighted by molar-refractivity contribution is 0.628. The van der Waals surface area contributed by atoms with Gasteiger partial charge in [-0.25, -0.2) is 14.4 Å². The molecule has 0 unspecified atom stereocenters. The minimum atomic E-state index is -0.265. The first-order valence-corrected chi connectivity index (χ1v) is 5.22. The van der Waals surface area contributed by atoms with Crippen molar-refractivity contribution in [1.29, 1.82) is 0 Å². The van der Waals surface area contributed by atoms with Gasteiger partial charge in [0.05, 0.1) is 5.69 Å². The van der Waals surface area contributed by atoms with E-state index in [1.807, 2.05) is 6.92 Å². The van der Waals surface area contributed by atoms with E-state index in [0.717, 1.165) is 16.8 Å². The molecule has 0 saturated heterocycles. The molecular formula is C12H10ClFN2. The highest BCUT2D eigenvalue weighted by Crippen LogP contribution is 2.25. The molecule has 2 rings (SSSR count). The van der Waals surface area contributed by atoms with Gasteiger partial charge in [-0.1, -0.05) is 11.6 Å². The molecule has 0 bridgehead atoms. The molecule has 1 aromatic carbocycles. The third kappa shape index (κ3) is 2.04. The van der Waals surface area contributed by atoms with E-state index in [1.54, 1.807) is 19.1 Å². The lowest BCUT2D eigenvalue weighted by Gasteiger charge is -2.07. The van der Waals surface area contributed by atoms with Crippen molar-refractivity contribution in [3.63, 3.8) is 0 Å². The van der Waals surface area contributed by atoms with Gasteiger partial charge in [-0.15, -0.1) is 0 Å². The van der Waals surface area contributed by atoms with Gasteiger partial charge in [0.25, 0.3) is 0 Å². The number of hydrogen-bond donors (Lipinski definition) is 0. The Hall–Kier alpha value is -1.48. The van der Waals surface area contributed by atoms with Gasteiger partial charge in [0, 0.05) is 11.1 Å². The molecule has 0 spiro atoms. The third-order valence-corrected chi connectivity index (χ3v) is 2.68. The van der Waals surface area contributed by atoms with E-state index in [0.29, 0.717) is 11.0 Å². The molecule has 0 N–H and O–H groups in total. The maximum atomic E-state index is 12.8. The predicted octanol–water partition coefficient (Wildman–Crippen LogP) is 3.55. The first-order chi connectivity index (χ1) is 7.58. The van der Waals surface area contributed by atoms with Gasteiger partial charge in [0.15, 0.2) is 0 Å². The fourth-order valence-electron chi connectivity index (χ4n) is 1.48. The van der Waals surface area contributed by atoms with Gasteiger partial charge in [-0.2, -0.15) is 0 Å². The molecule has 0 aliphatic heterocycles. The molecule has 1 heterocycles. The van der Waals surface area contributed by atoms with Crippen molar-refractivity contribution < 1.29 is 4.39 Å². The standard InChI is InChI=1S/C12H10ClFN2/c1-7-11(15-8(2)16-12(7)13)9-3-5-10(14)6-4-9/h3-6H,1-2H3. The van der Waals surface area contributed by atoms with Crippen LogP contribution in [0.5, 0.6) is 0 Å². The maximum Gasteiger partial charge on any atom is 0.136 e. The van der Waals surface area contributed by atoms with Crippen LogP contribution >= 0.6 is 11.6 Å². The number of rotatable bonds is 1. The predicted molar refractivity (Wildman–Crippen MR) is 61.9 cm³/mol. The van der Waals surface area contributed by atoms with Crippen LogP contribution in [0.2, 0.25) is 5.15 Å². The first-order valence-electron chi connectivity index (χ1n) is 4.84. The van der Waals surface area contributed by atoms with Crippen LogP contribution in [0, 0.1) is 19.7 Å². The molecule has 0 saturated carbocycles. The highest BCUT2D eigenvalue weighted by Gasteiger charge is 2.09. The second kappa shape index (κ2) is 4.18. The van der Waals surface area contributed by atoms with Crippen LogP contribution in [-0.2, 0) is 0 Å². The summed E-state index contributed by atoms with van der Waals surface area (Å²) in [6.45, 7) is 3.62. The Bertz CT molecular complexity index is 523. The monoisotopic (exact) mass is 236 g/mol. The van der Waals surface area contributed by atoms with Crippen molar-refractivity contribution in [2.75, 3.05) is 0 Å². The first kappa shape index (κ1) is 11.0. The van der Waals surface area contributed by atoms with Gasteiger partial charge in [0.1, 0.15) is 16.8 Å². The largest absolute Gasteiger partial charge is 0.233 e. The van der Waals surface area contributed by atoms with Crippen molar-refractivity contribution in [3.05, 3.63) is 46.6 Å².